The molecule has 9 heteroatoms. The van der Waals surface area contributed by atoms with Gasteiger partial charge in [-0.25, -0.2) is 0 Å². The highest BCUT2D eigenvalue weighted by atomic mass is 32.2. The minimum Gasteiger partial charge on any atom is -0.360 e. The highest BCUT2D eigenvalue weighted by Gasteiger charge is 2.20. The Balaban J connectivity index is 3.24. The maximum Gasteiger partial charge on any atom is 0.290 e. The van der Waals surface area contributed by atoms with Crippen molar-refractivity contribution in [1.29, 1.82) is 0 Å². The third kappa shape index (κ3) is 2.67. The Bertz CT molecular complexity index is 475. The lowest BCUT2D eigenvalue weighted by atomic mass is 10.3. The molecule has 1 aromatic carbocycles. The van der Waals surface area contributed by atoms with E-state index in [1.165, 1.54) is 0 Å². The van der Waals surface area contributed by atoms with Gasteiger partial charge < -0.3 is 5.73 Å². The molecule has 1 amide bonds. The molecule has 0 aliphatic carbocycles. The van der Waals surface area contributed by atoms with Gasteiger partial charge in [-0.05, 0) is 17.8 Å². The number of hydrogen-bond acceptors (Lipinski definition) is 6. The molecule has 2 N–H and O–H groups in total. The molecule has 0 saturated carbocycles. The predicted octanol–water partition coefficient (Wildman–Crippen LogP) is 1.67. The smallest absolute Gasteiger partial charge is 0.290 e. The van der Waals surface area contributed by atoms with Crippen LogP contribution < -0.4 is 5.73 Å². The lowest BCUT2D eigenvalue weighted by Crippen LogP contribution is -2.03. The van der Waals surface area contributed by atoms with Crippen LogP contribution in [0.15, 0.2) is 23.1 Å². The monoisotopic (exact) mass is 243 g/mol. The fourth-order valence-corrected chi connectivity index (χ4v) is 1.55. The van der Waals surface area contributed by atoms with Gasteiger partial charge in [-0.15, -0.1) is 0 Å². The molecule has 0 aliphatic heterocycles. The average Bonchev–Trinajstić information content (AvgIpc) is 2.16. The molecule has 84 valence electrons. The summed E-state index contributed by atoms with van der Waals surface area (Å²) in [5.74, 6) is 0. The molecule has 0 radical (unpaired) electrons. The van der Waals surface area contributed by atoms with Crippen molar-refractivity contribution in [3.05, 3.63) is 38.4 Å². The molecule has 0 atom stereocenters. The maximum atomic E-state index is 10.6. The van der Waals surface area contributed by atoms with Crippen molar-refractivity contribution in [2.75, 3.05) is 0 Å². The van der Waals surface area contributed by atoms with Crippen LogP contribution >= 0.6 is 11.8 Å². The first-order chi connectivity index (χ1) is 7.41. The minimum absolute atomic E-state index is 0.0249. The van der Waals surface area contributed by atoms with Gasteiger partial charge in [0, 0.05) is 6.07 Å². The lowest BCUT2D eigenvalue weighted by molar-refractivity contribution is -0.396. The Morgan fingerprint density at radius 3 is 2.31 bits per heavy atom. The number of nitro benzene ring substituents is 2. The molecule has 0 saturated heterocycles. The second kappa shape index (κ2) is 4.57. The summed E-state index contributed by atoms with van der Waals surface area (Å²) >= 11 is 0.448. The molecule has 0 unspecified atom stereocenters. The molecular weight excluding hydrogens is 238 g/mol. The van der Waals surface area contributed by atoms with E-state index in [1.54, 1.807) is 0 Å². The van der Waals surface area contributed by atoms with E-state index >= 15 is 0 Å². The Kier molecular flexibility index (Phi) is 3.40. The number of nitrogens with zero attached hydrogens (tertiary/aromatic N) is 2. The van der Waals surface area contributed by atoms with Gasteiger partial charge in [0.1, 0.15) is 0 Å². The van der Waals surface area contributed by atoms with Crippen LogP contribution in [0.3, 0.4) is 0 Å². The van der Waals surface area contributed by atoms with Crippen molar-refractivity contribution in [3.8, 4) is 0 Å². The third-order valence-electron chi connectivity index (χ3n) is 1.56. The molecular formula is C7H5N3O5S. The van der Waals surface area contributed by atoms with Gasteiger partial charge in [-0.1, -0.05) is 0 Å². The van der Waals surface area contributed by atoms with E-state index in [-0.39, 0.29) is 4.90 Å². The number of nitro groups is 2. The van der Waals surface area contributed by atoms with Gasteiger partial charge in [-0.2, -0.15) is 0 Å². The van der Waals surface area contributed by atoms with E-state index in [0.717, 1.165) is 18.2 Å². The van der Waals surface area contributed by atoms with Crippen LogP contribution in [0.4, 0.5) is 16.2 Å². The molecule has 8 nitrogen and oxygen atoms in total. The van der Waals surface area contributed by atoms with Crippen molar-refractivity contribution >= 4 is 28.4 Å². The van der Waals surface area contributed by atoms with Crippen molar-refractivity contribution in [2.45, 2.75) is 4.90 Å². The summed E-state index contributed by atoms with van der Waals surface area (Å²) < 4.78 is 0. The summed E-state index contributed by atoms with van der Waals surface area (Å²) in [5, 5.41) is 20.2. The van der Waals surface area contributed by atoms with Crippen LogP contribution in [0.5, 0.6) is 0 Å². The first-order valence-electron chi connectivity index (χ1n) is 3.82. The first-order valence-corrected chi connectivity index (χ1v) is 4.63. The van der Waals surface area contributed by atoms with Crippen LogP contribution in [-0.4, -0.2) is 15.1 Å². The zero-order chi connectivity index (χ0) is 12.3. The molecule has 16 heavy (non-hydrogen) atoms. The molecule has 0 bridgehead atoms. The standard InChI is InChI=1S/C7H5N3O5S/c8-7(11)16-6-2-1-4(9(12)13)3-5(6)10(14)15/h1-3H,(H2,8,11). The largest absolute Gasteiger partial charge is 0.360 e. The zero-order valence-corrected chi connectivity index (χ0v) is 8.47. The highest BCUT2D eigenvalue weighted by molar-refractivity contribution is 8.13. The summed E-state index contributed by atoms with van der Waals surface area (Å²) in [7, 11) is 0. The van der Waals surface area contributed by atoms with E-state index in [0.29, 0.717) is 11.8 Å². The molecule has 0 fully saturated rings. The predicted molar refractivity (Wildman–Crippen MR) is 55.2 cm³/mol. The quantitative estimate of drug-likeness (QED) is 0.488. The van der Waals surface area contributed by atoms with Gasteiger partial charge in [0.25, 0.3) is 16.6 Å². The molecule has 0 aliphatic rings. The number of thioether (sulfide) groups is 1. The molecule has 0 spiro atoms. The van der Waals surface area contributed by atoms with Gasteiger partial charge in [0.15, 0.2) is 0 Å². The number of rotatable bonds is 3. The third-order valence-corrected chi connectivity index (χ3v) is 2.33. The Morgan fingerprint density at radius 2 is 1.88 bits per heavy atom. The maximum absolute atomic E-state index is 10.6. The number of carbonyl (C=O) groups excluding carboxylic acids is 1. The van der Waals surface area contributed by atoms with Gasteiger partial charge in [0.05, 0.1) is 20.8 Å². The second-order valence-corrected chi connectivity index (χ2v) is 3.63. The molecule has 1 aromatic rings. The van der Waals surface area contributed by atoms with Crippen LogP contribution in [0.2, 0.25) is 0 Å². The van der Waals surface area contributed by atoms with Crippen molar-refractivity contribution in [1.82, 2.24) is 0 Å². The van der Waals surface area contributed by atoms with Crippen molar-refractivity contribution < 1.29 is 14.6 Å². The Morgan fingerprint density at radius 1 is 1.25 bits per heavy atom. The van der Waals surface area contributed by atoms with E-state index < -0.39 is 26.5 Å². The molecule has 0 aromatic heterocycles. The minimum atomic E-state index is -0.822. The summed E-state index contributed by atoms with van der Waals surface area (Å²) in [6, 6.07) is 2.97. The summed E-state index contributed by atoms with van der Waals surface area (Å²) in [4.78, 5) is 30.0. The Hall–Kier alpha value is -2.16. The van der Waals surface area contributed by atoms with Crippen molar-refractivity contribution in [2.24, 2.45) is 5.73 Å². The van der Waals surface area contributed by atoms with Crippen LogP contribution in [0.25, 0.3) is 0 Å². The van der Waals surface area contributed by atoms with Crippen molar-refractivity contribution in [3.63, 3.8) is 0 Å². The fraction of sp³-hybridized carbons (Fsp3) is 0. The fourth-order valence-electron chi connectivity index (χ4n) is 0.957. The topological polar surface area (TPSA) is 129 Å². The lowest BCUT2D eigenvalue weighted by Gasteiger charge is -1.99. The first kappa shape index (κ1) is 11.9. The number of benzene rings is 1. The van der Waals surface area contributed by atoms with Gasteiger partial charge >= 0.3 is 0 Å². The number of nitrogens with two attached hydrogens (primary N) is 1. The number of hydrogen-bond donors (Lipinski definition) is 1. The van der Waals surface area contributed by atoms with Crippen LogP contribution in [0.1, 0.15) is 0 Å². The van der Waals surface area contributed by atoms with Gasteiger partial charge in [-0.3, -0.25) is 25.0 Å². The second-order valence-electron chi connectivity index (χ2n) is 2.59. The normalized spacial score (nSPS) is 9.75. The van der Waals surface area contributed by atoms with E-state index in [2.05, 4.69) is 0 Å². The van der Waals surface area contributed by atoms with E-state index in [4.69, 9.17) is 5.73 Å². The summed E-state index contributed by atoms with van der Waals surface area (Å²) in [5.41, 5.74) is 3.93. The van der Waals surface area contributed by atoms with E-state index in [1.807, 2.05) is 0 Å². The SMILES string of the molecule is NC(=O)Sc1ccc([N+](=O)[O-])cc1[N+](=O)[O-]. The van der Waals surface area contributed by atoms with E-state index in [9.17, 15) is 25.0 Å². The van der Waals surface area contributed by atoms with Gasteiger partial charge in [0.2, 0.25) is 0 Å². The molecule has 1 rings (SSSR count). The average molecular weight is 243 g/mol. The summed E-state index contributed by atoms with van der Waals surface area (Å²) in [6.45, 7) is 0. The van der Waals surface area contributed by atoms with Crippen LogP contribution in [0, 0.1) is 20.2 Å². The summed E-state index contributed by atoms with van der Waals surface area (Å²) in [6.07, 6.45) is 0. The number of carbonyl (C=O) groups is 1. The number of non-ortho nitro benzene ring substituents is 1. The zero-order valence-electron chi connectivity index (χ0n) is 7.65. The number of primary amides is 1. The van der Waals surface area contributed by atoms with Crippen LogP contribution in [-0.2, 0) is 0 Å². The molecule has 0 heterocycles. The highest BCUT2D eigenvalue weighted by Crippen LogP contribution is 2.32. The Labute approximate surface area is 92.7 Å². The number of amides is 1.